The van der Waals surface area contributed by atoms with E-state index in [1.807, 2.05) is 24.3 Å². The lowest BCUT2D eigenvalue weighted by atomic mass is 10.0. The van der Waals surface area contributed by atoms with E-state index >= 15 is 0 Å². The number of nitrogens with zero attached hydrogens (tertiary/aromatic N) is 1. The zero-order valence-corrected chi connectivity index (χ0v) is 20.2. The summed E-state index contributed by atoms with van der Waals surface area (Å²) in [6, 6.07) is 11.5. The molecule has 2 rings (SSSR count). The van der Waals surface area contributed by atoms with Crippen molar-refractivity contribution in [2.75, 3.05) is 0 Å². The summed E-state index contributed by atoms with van der Waals surface area (Å²) in [4.78, 5) is 27.6. The molecule has 1 atom stereocenters. The van der Waals surface area contributed by atoms with Crippen LogP contribution in [0.5, 0.6) is 0 Å². The normalized spacial score (nSPS) is 12.1. The molecule has 2 aromatic rings. The summed E-state index contributed by atoms with van der Waals surface area (Å²) >= 11 is 0. The number of unbranched alkanes of at least 4 members (excludes halogenated alkanes) is 6. The van der Waals surface area contributed by atoms with Crippen molar-refractivity contribution in [3.05, 3.63) is 70.8 Å². The second-order valence-corrected chi connectivity index (χ2v) is 8.42. The monoisotopic (exact) mass is 487 g/mol. The van der Waals surface area contributed by atoms with Gasteiger partial charge in [0.2, 0.25) is 6.29 Å². The molecule has 2 aromatic carbocycles. The van der Waals surface area contributed by atoms with Crippen LogP contribution in [0.1, 0.15) is 87.1 Å². The quantitative estimate of drug-likeness (QED) is 0.106. The predicted octanol–water partition coefficient (Wildman–Crippen LogP) is 7.03. The minimum atomic E-state index is -4.44. The zero-order chi connectivity index (χ0) is 25.7. The molecule has 0 aromatic heterocycles. The average molecular weight is 488 g/mol. The van der Waals surface area contributed by atoms with E-state index < -0.39 is 23.8 Å². The Morgan fingerprint density at radius 1 is 1.00 bits per heavy atom. The maximum atomic E-state index is 12.9. The molecule has 0 amide bonds. The highest BCUT2D eigenvalue weighted by Crippen LogP contribution is 2.31. The summed E-state index contributed by atoms with van der Waals surface area (Å²) in [5, 5.41) is 1.28. The van der Waals surface area contributed by atoms with Gasteiger partial charge in [-0.1, -0.05) is 75.1 Å². The highest BCUT2D eigenvalue weighted by molar-refractivity contribution is 6.20. The van der Waals surface area contributed by atoms with Crippen molar-refractivity contribution in [1.82, 2.24) is 5.06 Å². The van der Waals surface area contributed by atoms with Gasteiger partial charge in [-0.05, 0) is 48.7 Å². The Balaban J connectivity index is 2.01. The van der Waals surface area contributed by atoms with E-state index in [9.17, 15) is 22.8 Å². The molecule has 4 nitrogen and oxygen atoms in total. The fourth-order valence-corrected chi connectivity index (χ4v) is 3.53. The number of halogens is 3. The van der Waals surface area contributed by atoms with E-state index in [0.717, 1.165) is 36.1 Å². The van der Waals surface area contributed by atoms with Gasteiger partial charge in [0, 0.05) is 12.0 Å². The van der Waals surface area contributed by atoms with Crippen LogP contribution in [0.2, 0.25) is 0 Å². The Hall–Kier alpha value is -3.11. The lowest BCUT2D eigenvalue weighted by molar-refractivity contribution is -0.203. The standard InChI is InChI=1S/C28H32F3NO3/c1-3-4-5-6-7-8-9-10-11-23-12-14-24(15-13-23)20-32(35-27(34)21-33)22(2)25-16-18-26(19-17-25)28(29,30)31/h12-19,21-22H,3-9,20H2,1-2H3. The molecule has 7 heteroatoms. The first kappa shape index (κ1) is 28.1. The van der Waals surface area contributed by atoms with Crippen LogP contribution in [0.25, 0.3) is 0 Å². The number of rotatable bonds is 12. The molecule has 0 radical (unpaired) electrons. The summed E-state index contributed by atoms with van der Waals surface area (Å²) in [6.45, 7) is 4.03. The molecule has 188 valence electrons. The van der Waals surface area contributed by atoms with Gasteiger partial charge in [-0.25, -0.2) is 4.79 Å². The van der Waals surface area contributed by atoms with Gasteiger partial charge < -0.3 is 4.84 Å². The molecule has 0 bridgehead atoms. The highest BCUT2D eigenvalue weighted by Gasteiger charge is 2.30. The predicted molar refractivity (Wildman–Crippen MR) is 129 cm³/mol. The Labute approximate surface area is 205 Å². The van der Waals surface area contributed by atoms with Crippen molar-refractivity contribution in [2.45, 2.75) is 77.6 Å². The molecule has 35 heavy (non-hydrogen) atoms. The van der Waals surface area contributed by atoms with Crippen LogP contribution in [0.3, 0.4) is 0 Å². The van der Waals surface area contributed by atoms with Gasteiger partial charge in [0.15, 0.2) is 0 Å². The van der Waals surface area contributed by atoms with Crippen molar-refractivity contribution < 1.29 is 27.6 Å². The number of hydroxylamine groups is 2. The van der Waals surface area contributed by atoms with Crippen molar-refractivity contribution in [3.63, 3.8) is 0 Å². The van der Waals surface area contributed by atoms with E-state index in [4.69, 9.17) is 4.84 Å². The van der Waals surface area contributed by atoms with Gasteiger partial charge in [-0.2, -0.15) is 13.2 Å². The minimum absolute atomic E-state index is 0.0506. The van der Waals surface area contributed by atoms with Crippen LogP contribution in [-0.2, 0) is 27.1 Å². The highest BCUT2D eigenvalue weighted by atomic mass is 19.4. The second-order valence-electron chi connectivity index (χ2n) is 8.42. The SMILES string of the molecule is CCCCCCCCC#Cc1ccc(CN(OC(=O)C=O)C(C)c2ccc(C(F)(F)F)cc2)cc1. The van der Waals surface area contributed by atoms with E-state index in [1.165, 1.54) is 49.3 Å². The molecule has 0 aliphatic carbocycles. The lowest BCUT2D eigenvalue weighted by Gasteiger charge is -2.27. The third-order valence-electron chi connectivity index (χ3n) is 5.64. The number of benzene rings is 2. The first-order valence-electron chi connectivity index (χ1n) is 11.9. The molecular weight excluding hydrogens is 455 g/mol. The zero-order valence-electron chi connectivity index (χ0n) is 20.2. The van der Waals surface area contributed by atoms with Gasteiger partial charge in [0.25, 0.3) is 0 Å². The van der Waals surface area contributed by atoms with Gasteiger partial charge in [0.1, 0.15) is 0 Å². The van der Waals surface area contributed by atoms with Gasteiger partial charge in [-0.3, -0.25) is 4.79 Å². The van der Waals surface area contributed by atoms with Crippen molar-refractivity contribution in [1.29, 1.82) is 0 Å². The fourth-order valence-electron chi connectivity index (χ4n) is 3.53. The Bertz CT molecular complexity index is 989. The largest absolute Gasteiger partial charge is 0.416 e. The van der Waals surface area contributed by atoms with E-state index in [-0.39, 0.29) is 12.8 Å². The van der Waals surface area contributed by atoms with Gasteiger partial charge in [-0.15, -0.1) is 5.06 Å². The maximum absolute atomic E-state index is 12.9. The Kier molecular flexibility index (Phi) is 11.5. The summed E-state index contributed by atoms with van der Waals surface area (Å²) in [5.41, 5.74) is 1.41. The number of alkyl halides is 3. The van der Waals surface area contributed by atoms with Crippen molar-refractivity contribution in [3.8, 4) is 11.8 Å². The molecule has 0 heterocycles. The van der Waals surface area contributed by atoms with Crippen LogP contribution in [-0.4, -0.2) is 17.3 Å². The molecule has 0 aliphatic heterocycles. The molecule has 0 fully saturated rings. The third-order valence-corrected chi connectivity index (χ3v) is 5.64. The number of hydrogen-bond acceptors (Lipinski definition) is 4. The topological polar surface area (TPSA) is 46.6 Å². The summed E-state index contributed by atoms with van der Waals surface area (Å²) in [7, 11) is 0. The number of carbonyl (C=O) groups excluding carboxylic acids is 2. The van der Waals surface area contributed by atoms with Crippen molar-refractivity contribution in [2.24, 2.45) is 0 Å². The second kappa shape index (κ2) is 14.3. The fraction of sp³-hybridized carbons (Fsp3) is 0.429. The van der Waals surface area contributed by atoms with Crippen LogP contribution >= 0.6 is 0 Å². The molecule has 0 spiro atoms. The van der Waals surface area contributed by atoms with Crippen molar-refractivity contribution >= 4 is 12.3 Å². The average Bonchev–Trinajstić information content (AvgIpc) is 2.85. The van der Waals surface area contributed by atoms with Crippen LogP contribution in [0, 0.1) is 11.8 Å². The Morgan fingerprint density at radius 3 is 2.23 bits per heavy atom. The van der Waals surface area contributed by atoms with E-state index in [2.05, 4.69) is 18.8 Å². The summed E-state index contributed by atoms with van der Waals surface area (Å²) in [5.74, 6) is 5.26. The number of hydrogen-bond donors (Lipinski definition) is 0. The summed E-state index contributed by atoms with van der Waals surface area (Å²) < 4.78 is 38.6. The molecule has 0 N–H and O–H groups in total. The molecule has 0 saturated heterocycles. The Morgan fingerprint density at radius 2 is 1.63 bits per heavy atom. The van der Waals surface area contributed by atoms with E-state index in [0.29, 0.717) is 5.56 Å². The van der Waals surface area contributed by atoms with E-state index in [1.54, 1.807) is 6.92 Å². The van der Waals surface area contributed by atoms with Gasteiger partial charge >= 0.3 is 12.1 Å². The molecule has 0 aliphatic rings. The summed E-state index contributed by atoms with van der Waals surface area (Å²) in [6.07, 6.45) is 3.80. The maximum Gasteiger partial charge on any atom is 0.416 e. The van der Waals surface area contributed by atoms with Crippen LogP contribution in [0.15, 0.2) is 48.5 Å². The third kappa shape index (κ3) is 9.96. The van der Waals surface area contributed by atoms with Crippen LogP contribution in [0.4, 0.5) is 13.2 Å². The molecule has 1 unspecified atom stereocenters. The first-order valence-corrected chi connectivity index (χ1v) is 11.9. The molecular formula is C28H32F3NO3. The van der Waals surface area contributed by atoms with Crippen LogP contribution < -0.4 is 0 Å². The number of carbonyl (C=O) groups is 2. The lowest BCUT2D eigenvalue weighted by Crippen LogP contribution is -2.30. The van der Waals surface area contributed by atoms with Gasteiger partial charge in [0.05, 0.1) is 18.2 Å². The smallest absolute Gasteiger partial charge is 0.361 e. The number of aldehydes is 1. The molecule has 0 saturated carbocycles. The minimum Gasteiger partial charge on any atom is -0.361 e. The first-order chi connectivity index (χ1) is 16.7.